The van der Waals surface area contributed by atoms with Crippen molar-refractivity contribution in [3.63, 3.8) is 0 Å². The third-order valence-electron chi connectivity index (χ3n) is 8.64. The molecule has 0 bridgehead atoms. The number of nitriles is 1. The number of nitrogens with zero attached hydrogens (tertiary/aromatic N) is 3. The largest absolute Gasteiger partial charge is 0.440 e. The highest BCUT2D eigenvalue weighted by Crippen LogP contribution is 2.46. The maximum Gasteiger partial charge on any atom is 0.387 e. The molecule has 9 nitrogen and oxygen atoms in total. The van der Waals surface area contributed by atoms with Gasteiger partial charge < -0.3 is 19.4 Å². The number of halogens is 2. The normalized spacial score (nSPS) is 23.3. The highest BCUT2D eigenvalue weighted by molar-refractivity contribution is 8.24. The van der Waals surface area contributed by atoms with E-state index in [4.69, 9.17) is 14.1 Å². The number of hydrogen-bond donors (Lipinski definition) is 3. The Morgan fingerprint density at radius 1 is 1.12 bits per heavy atom. The lowest BCUT2D eigenvalue weighted by atomic mass is 9.76. The number of ether oxygens (including phenoxy) is 1. The van der Waals surface area contributed by atoms with Gasteiger partial charge in [0, 0.05) is 36.2 Å². The molecule has 2 saturated carbocycles. The molecule has 0 unspecified atom stereocenters. The predicted molar refractivity (Wildman–Crippen MR) is 159 cm³/mol. The van der Waals surface area contributed by atoms with Crippen molar-refractivity contribution in [1.82, 2.24) is 10.3 Å². The number of anilines is 1. The molecule has 2 aromatic carbocycles. The number of hydrogen-bond acceptors (Lipinski definition) is 8. The second-order valence-corrected chi connectivity index (χ2v) is 14.0. The molecule has 3 aliphatic rings. The van der Waals surface area contributed by atoms with Crippen molar-refractivity contribution in [2.75, 3.05) is 29.5 Å². The Morgan fingerprint density at radius 2 is 1.81 bits per heavy atom. The molecule has 3 aromatic rings. The van der Waals surface area contributed by atoms with Gasteiger partial charge in [-0.3, -0.25) is 13.9 Å². The highest BCUT2D eigenvalue weighted by Gasteiger charge is 2.47. The summed E-state index contributed by atoms with van der Waals surface area (Å²) in [6, 6.07) is 16.2. The topological polar surface area (TPSA) is 132 Å². The van der Waals surface area contributed by atoms with Gasteiger partial charge in [0.25, 0.3) is 0 Å². The number of carbonyl (C=O) groups is 1. The fourth-order valence-electron chi connectivity index (χ4n) is 6.04. The SMILES string of the molecule is N#CC1(NC(=O)[C@@H]2CCCC[C@H]2c2oc(-c3ccccc3OC(F)F)nc2-c2ccc(N3CCS(O)(O)CC3)cc2)CC1. The van der Waals surface area contributed by atoms with Crippen LogP contribution < -0.4 is 15.0 Å². The number of para-hydroxylation sites is 1. The highest BCUT2D eigenvalue weighted by atomic mass is 32.3. The Bertz CT molecular complexity index is 1510. The molecule has 6 rings (SSSR count). The molecule has 2 aliphatic carbocycles. The number of nitrogens with one attached hydrogen (secondary N) is 1. The first-order chi connectivity index (χ1) is 20.7. The van der Waals surface area contributed by atoms with Gasteiger partial charge in [-0.2, -0.15) is 24.6 Å². The van der Waals surface area contributed by atoms with Gasteiger partial charge in [0.1, 0.15) is 22.7 Å². The van der Waals surface area contributed by atoms with Crippen LogP contribution in [0, 0.1) is 17.2 Å². The summed E-state index contributed by atoms with van der Waals surface area (Å²) in [5.74, 6) is 0.267. The number of oxazole rings is 1. The van der Waals surface area contributed by atoms with Crippen molar-refractivity contribution in [1.29, 1.82) is 5.26 Å². The number of aromatic nitrogens is 1. The second-order valence-electron chi connectivity index (χ2n) is 11.5. The molecule has 1 aliphatic heterocycles. The predicted octanol–water partition coefficient (Wildman–Crippen LogP) is 6.63. The van der Waals surface area contributed by atoms with E-state index in [9.17, 15) is 27.9 Å². The fourth-order valence-corrected chi connectivity index (χ4v) is 7.27. The van der Waals surface area contributed by atoms with E-state index < -0.39 is 28.7 Å². The van der Waals surface area contributed by atoms with Crippen LogP contribution in [-0.2, 0) is 4.79 Å². The van der Waals surface area contributed by atoms with E-state index in [1.807, 2.05) is 24.3 Å². The smallest absolute Gasteiger partial charge is 0.387 e. The van der Waals surface area contributed by atoms with E-state index in [-0.39, 0.29) is 29.0 Å². The van der Waals surface area contributed by atoms with Gasteiger partial charge in [0.15, 0.2) is 0 Å². The number of alkyl halides is 2. The van der Waals surface area contributed by atoms with Crippen molar-refractivity contribution in [3.8, 4) is 34.5 Å². The number of amides is 1. The Morgan fingerprint density at radius 3 is 2.49 bits per heavy atom. The monoisotopic (exact) mass is 612 g/mol. The molecule has 1 aromatic heterocycles. The van der Waals surface area contributed by atoms with E-state index in [0.717, 1.165) is 24.1 Å². The number of rotatable bonds is 8. The molecule has 3 fully saturated rings. The van der Waals surface area contributed by atoms with Gasteiger partial charge in [0.2, 0.25) is 11.8 Å². The number of carbonyl (C=O) groups excluding carboxylic acids is 1. The molecule has 3 N–H and O–H groups in total. The van der Waals surface area contributed by atoms with Crippen molar-refractivity contribution >= 4 is 22.2 Å². The average Bonchev–Trinajstić information content (AvgIpc) is 3.64. The lowest BCUT2D eigenvalue weighted by Gasteiger charge is -2.41. The van der Waals surface area contributed by atoms with Crippen LogP contribution in [0.25, 0.3) is 22.7 Å². The fraction of sp³-hybridized carbons (Fsp3) is 0.452. The molecule has 12 heteroatoms. The van der Waals surface area contributed by atoms with E-state index >= 15 is 0 Å². The quantitative estimate of drug-likeness (QED) is 0.258. The van der Waals surface area contributed by atoms with Crippen LogP contribution in [0.15, 0.2) is 52.9 Å². The molecule has 1 saturated heterocycles. The zero-order chi connectivity index (χ0) is 30.2. The van der Waals surface area contributed by atoms with E-state index in [0.29, 0.717) is 61.7 Å². The summed E-state index contributed by atoms with van der Waals surface area (Å²) in [6.45, 7) is -1.96. The van der Waals surface area contributed by atoms with Crippen LogP contribution in [0.4, 0.5) is 14.5 Å². The van der Waals surface area contributed by atoms with Crippen molar-refractivity contribution in [2.45, 2.75) is 56.6 Å². The summed E-state index contributed by atoms with van der Waals surface area (Å²) < 4.78 is 57.6. The van der Waals surface area contributed by atoms with Gasteiger partial charge in [-0.15, -0.1) is 0 Å². The van der Waals surface area contributed by atoms with E-state index in [1.54, 1.807) is 18.2 Å². The minimum absolute atomic E-state index is 0.0640. The van der Waals surface area contributed by atoms with Crippen LogP contribution >= 0.6 is 10.6 Å². The second kappa shape index (κ2) is 11.8. The maximum atomic E-state index is 13.5. The van der Waals surface area contributed by atoms with Crippen LogP contribution in [-0.4, -0.2) is 56.7 Å². The molecule has 0 spiro atoms. The Labute approximate surface area is 250 Å². The summed E-state index contributed by atoms with van der Waals surface area (Å²) in [7, 11) is -2.52. The summed E-state index contributed by atoms with van der Waals surface area (Å²) in [4.78, 5) is 20.4. The Hall–Kier alpha value is -3.66. The molecule has 1 amide bonds. The number of benzene rings is 2. The molecular weight excluding hydrogens is 578 g/mol. The first-order valence-corrected chi connectivity index (χ1v) is 16.4. The summed E-state index contributed by atoms with van der Waals surface area (Å²) >= 11 is 0. The zero-order valence-electron chi connectivity index (χ0n) is 23.5. The molecule has 0 radical (unpaired) electrons. The third kappa shape index (κ3) is 6.34. The maximum absolute atomic E-state index is 13.5. The lowest BCUT2D eigenvalue weighted by Crippen LogP contribution is -2.42. The minimum Gasteiger partial charge on any atom is -0.440 e. The standard InChI is InChI=1S/C31H34F2N4O5S/c32-30(33)41-25-8-4-3-7-24(25)29-35-26(20-9-11-21(12-10-20)37-15-17-43(39,40)18-16-37)27(42-29)22-5-1-2-6-23(22)28(38)36-31(19-34)13-14-31/h3-4,7-12,22-23,30,39-40H,1-2,5-6,13-18H2,(H,36,38)/t22-,23-/m1/s1. The van der Waals surface area contributed by atoms with E-state index in [1.165, 1.54) is 6.07 Å². The van der Waals surface area contributed by atoms with E-state index in [2.05, 4.69) is 16.3 Å². The summed E-state index contributed by atoms with van der Waals surface area (Å²) in [5, 5.41) is 12.5. The van der Waals surface area contributed by atoms with Crippen molar-refractivity contribution in [3.05, 3.63) is 54.3 Å². The lowest BCUT2D eigenvalue weighted by molar-refractivity contribution is -0.127. The summed E-state index contributed by atoms with van der Waals surface area (Å²) in [6.07, 6.45) is 4.32. The van der Waals surface area contributed by atoms with Crippen LogP contribution in [0.2, 0.25) is 0 Å². The van der Waals surface area contributed by atoms with Crippen LogP contribution in [0.5, 0.6) is 5.75 Å². The molecule has 2 atom stereocenters. The Balaban J connectivity index is 1.37. The first kappa shape index (κ1) is 29.4. The van der Waals surface area contributed by atoms with Gasteiger partial charge in [-0.25, -0.2) is 4.98 Å². The van der Waals surface area contributed by atoms with Crippen molar-refractivity contribution < 1.29 is 31.8 Å². The molecule has 228 valence electrons. The van der Waals surface area contributed by atoms with Crippen molar-refractivity contribution in [2.24, 2.45) is 5.92 Å². The van der Waals surface area contributed by atoms with Gasteiger partial charge in [-0.05, 0) is 49.9 Å². The van der Waals surface area contributed by atoms with Crippen LogP contribution in [0.1, 0.15) is 50.2 Å². The average molecular weight is 613 g/mol. The van der Waals surface area contributed by atoms with Gasteiger partial charge >= 0.3 is 6.61 Å². The third-order valence-corrected chi connectivity index (χ3v) is 10.3. The minimum atomic E-state index is -3.03. The molecule has 2 heterocycles. The molecular formula is C31H34F2N4O5S. The first-order valence-electron chi connectivity index (χ1n) is 14.5. The van der Waals surface area contributed by atoms with Crippen LogP contribution in [0.3, 0.4) is 0 Å². The summed E-state index contributed by atoms with van der Waals surface area (Å²) in [5.41, 5.74) is 1.67. The molecule has 43 heavy (non-hydrogen) atoms. The van der Waals surface area contributed by atoms with Gasteiger partial charge in [-0.1, -0.05) is 37.1 Å². The Kier molecular flexibility index (Phi) is 8.06. The zero-order valence-corrected chi connectivity index (χ0v) is 24.4. The van der Waals surface area contributed by atoms with Gasteiger partial charge in [0.05, 0.1) is 23.1 Å².